The summed E-state index contributed by atoms with van der Waals surface area (Å²) in [6, 6.07) is 15.5. The summed E-state index contributed by atoms with van der Waals surface area (Å²) in [5.41, 5.74) is 1.14. The van der Waals surface area contributed by atoms with Gasteiger partial charge < -0.3 is 19.5 Å². The van der Waals surface area contributed by atoms with Gasteiger partial charge in [0.15, 0.2) is 0 Å². The zero-order valence-electron chi connectivity index (χ0n) is 12.5. The lowest BCUT2D eigenvalue weighted by Gasteiger charge is -2.12. The molecule has 0 radical (unpaired) electrons. The summed E-state index contributed by atoms with van der Waals surface area (Å²) in [4.78, 5) is 0. The van der Waals surface area contributed by atoms with Crippen LogP contribution >= 0.6 is 0 Å². The lowest BCUT2D eigenvalue weighted by atomic mass is 10.2. The van der Waals surface area contributed by atoms with Gasteiger partial charge in [-0.05, 0) is 25.2 Å². The molecule has 0 saturated carbocycles. The van der Waals surface area contributed by atoms with Crippen molar-refractivity contribution < 1.29 is 14.2 Å². The van der Waals surface area contributed by atoms with E-state index in [1.165, 1.54) is 0 Å². The number of hydrogen-bond donors (Lipinski definition) is 1. The highest BCUT2D eigenvalue weighted by molar-refractivity contribution is 5.34. The quantitative estimate of drug-likeness (QED) is 0.758. The number of para-hydroxylation sites is 1. The zero-order valence-corrected chi connectivity index (χ0v) is 12.5. The van der Waals surface area contributed by atoms with Crippen LogP contribution in [-0.4, -0.2) is 27.4 Å². The third kappa shape index (κ3) is 4.68. The molecule has 0 fully saturated rings. The summed E-state index contributed by atoms with van der Waals surface area (Å²) in [5, 5.41) is 3.13. The van der Waals surface area contributed by atoms with E-state index < -0.39 is 0 Å². The molecule has 112 valence electrons. The van der Waals surface area contributed by atoms with Crippen molar-refractivity contribution in [3.8, 4) is 17.2 Å². The first kappa shape index (κ1) is 15.2. The smallest absolute Gasteiger partial charge is 0.123 e. The SMILES string of the molecule is CNCc1ccccc1OCCOc1cccc(OC)c1. The van der Waals surface area contributed by atoms with Gasteiger partial charge in [-0.1, -0.05) is 24.3 Å². The van der Waals surface area contributed by atoms with Crippen molar-refractivity contribution in [2.75, 3.05) is 27.4 Å². The minimum absolute atomic E-state index is 0.487. The number of rotatable bonds is 8. The summed E-state index contributed by atoms with van der Waals surface area (Å²) >= 11 is 0. The van der Waals surface area contributed by atoms with E-state index in [1.54, 1.807) is 7.11 Å². The number of nitrogens with one attached hydrogen (secondary N) is 1. The van der Waals surface area contributed by atoms with Crippen molar-refractivity contribution >= 4 is 0 Å². The summed E-state index contributed by atoms with van der Waals surface area (Å²) in [6.07, 6.45) is 0. The van der Waals surface area contributed by atoms with Gasteiger partial charge in [-0.25, -0.2) is 0 Å². The first-order chi connectivity index (χ1) is 10.3. The van der Waals surface area contributed by atoms with Crippen LogP contribution in [0.25, 0.3) is 0 Å². The molecule has 0 amide bonds. The fourth-order valence-electron chi connectivity index (χ4n) is 1.98. The Morgan fingerprint density at radius 3 is 2.48 bits per heavy atom. The lowest BCUT2D eigenvalue weighted by Crippen LogP contribution is -2.12. The second kappa shape index (κ2) is 8.17. The third-order valence-electron chi connectivity index (χ3n) is 2.99. The summed E-state index contributed by atoms with van der Waals surface area (Å²) in [5.74, 6) is 2.45. The van der Waals surface area contributed by atoms with Gasteiger partial charge in [-0.3, -0.25) is 0 Å². The zero-order chi connectivity index (χ0) is 14.9. The second-order valence-electron chi connectivity index (χ2n) is 4.51. The van der Waals surface area contributed by atoms with Crippen LogP contribution in [0.3, 0.4) is 0 Å². The molecule has 0 atom stereocenters. The monoisotopic (exact) mass is 287 g/mol. The van der Waals surface area contributed by atoms with Crippen LogP contribution in [0.2, 0.25) is 0 Å². The molecule has 0 aromatic heterocycles. The Labute approximate surface area is 125 Å². The molecular formula is C17H21NO3. The highest BCUT2D eigenvalue weighted by Gasteiger charge is 2.02. The molecular weight excluding hydrogens is 266 g/mol. The van der Waals surface area contributed by atoms with Crippen LogP contribution in [0.5, 0.6) is 17.2 Å². The van der Waals surface area contributed by atoms with Crippen molar-refractivity contribution in [2.24, 2.45) is 0 Å². The lowest BCUT2D eigenvalue weighted by molar-refractivity contribution is 0.215. The molecule has 21 heavy (non-hydrogen) atoms. The Kier molecular flexibility index (Phi) is 5.91. The van der Waals surface area contributed by atoms with E-state index in [9.17, 15) is 0 Å². The molecule has 1 N–H and O–H groups in total. The van der Waals surface area contributed by atoms with Crippen LogP contribution in [0.15, 0.2) is 48.5 Å². The number of hydrogen-bond acceptors (Lipinski definition) is 4. The molecule has 4 nitrogen and oxygen atoms in total. The minimum Gasteiger partial charge on any atom is -0.497 e. The predicted octanol–water partition coefficient (Wildman–Crippen LogP) is 2.87. The van der Waals surface area contributed by atoms with Crippen molar-refractivity contribution in [1.29, 1.82) is 0 Å². The first-order valence-corrected chi connectivity index (χ1v) is 6.95. The van der Waals surface area contributed by atoms with Crippen molar-refractivity contribution in [3.63, 3.8) is 0 Å². The maximum atomic E-state index is 5.77. The van der Waals surface area contributed by atoms with E-state index in [4.69, 9.17) is 14.2 Å². The van der Waals surface area contributed by atoms with Gasteiger partial charge in [-0.15, -0.1) is 0 Å². The number of methoxy groups -OCH3 is 1. The normalized spacial score (nSPS) is 10.2. The molecule has 2 aromatic rings. The second-order valence-corrected chi connectivity index (χ2v) is 4.51. The Morgan fingerprint density at radius 2 is 1.67 bits per heavy atom. The maximum Gasteiger partial charge on any atom is 0.123 e. The molecule has 0 spiro atoms. The van der Waals surface area contributed by atoms with Crippen LogP contribution in [0.4, 0.5) is 0 Å². The Morgan fingerprint density at radius 1 is 0.905 bits per heavy atom. The standard InChI is InChI=1S/C17H21NO3/c1-18-13-14-6-3-4-9-17(14)21-11-10-20-16-8-5-7-15(12-16)19-2/h3-9,12,18H,10-11,13H2,1-2H3. The van der Waals surface area contributed by atoms with Gasteiger partial charge in [0.05, 0.1) is 7.11 Å². The van der Waals surface area contributed by atoms with Crippen molar-refractivity contribution in [2.45, 2.75) is 6.54 Å². The Balaban J connectivity index is 1.81. The van der Waals surface area contributed by atoms with E-state index in [-0.39, 0.29) is 0 Å². The van der Waals surface area contributed by atoms with Crippen LogP contribution in [0, 0.1) is 0 Å². The highest BCUT2D eigenvalue weighted by atomic mass is 16.5. The molecule has 2 rings (SSSR count). The topological polar surface area (TPSA) is 39.7 Å². The highest BCUT2D eigenvalue weighted by Crippen LogP contribution is 2.19. The average Bonchev–Trinajstić information content (AvgIpc) is 2.53. The van der Waals surface area contributed by atoms with E-state index in [2.05, 4.69) is 11.4 Å². The fourth-order valence-corrected chi connectivity index (χ4v) is 1.98. The molecule has 4 heteroatoms. The summed E-state index contributed by atoms with van der Waals surface area (Å²) in [7, 11) is 3.56. The fraction of sp³-hybridized carbons (Fsp3) is 0.294. The summed E-state index contributed by atoms with van der Waals surface area (Å²) in [6.45, 7) is 1.77. The number of ether oxygens (including phenoxy) is 3. The van der Waals surface area contributed by atoms with Gasteiger partial charge in [0, 0.05) is 18.2 Å². The molecule has 0 saturated heterocycles. The van der Waals surface area contributed by atoms with E-state index in [0.717, 1.165) is 29.4 Å². The molecule has 0 aliphatic heterocycles. The van der Waals surface area contributed by atoms with Gasteiger partial charge in [0.25, 0.3) is 0 Å². The van der Waals surface area contributed by atoms with Gasteiger partial charge in [0.1, 0.15) is 30.5 Å². The predicted molar refractivity (Wildman–Crippen MR) is 83.2 cm³/mol. The van der Waals surface area contributed by atoms with E-state index in [0.29, 0.717) is 13.2 Å². The minimum atomic E-state index is 0.487. The van der Waals surface area contributed by atoms with Gasteiger partial charge in [0.2, 0.25) is 0 Å². The number of benzene rings is 2. The first-order valence-electron chi connectivity index (χ1n) is 6.95. The average molecular weight is 287 g/mol. The molecule has 0 unspecified atom stereocenters. The summed E-state index contributed by atoms with van der Waals surface area (Å²) < 4.78 is 16.6. The van der Waals surface area contributed by atoms with Crippen LogP contribution in [-0.2, 0) is 6.54 Å². The van der Waals surface area contributed by atoms with E-state index in [1.807, 2.05) is 49.5 Å². The molecule has 0 aliphatic rings. The van der Waals surface area contributed by atoms with E-state index >= 15 is 0 Å². The molecule has 0 aliphatic carbocycles. The van der Waals surface area contributed by atoms with Gasteiger partial charge in [-0.2, -0.15) is 0 Å². The maximum absolute atomic E-state index is 5.77. The van der Waals surface area contributed by atoms with Gasteiger partial charge >= 0.3 is 0 Å². The molecule has 0 heterocycles. The molecule has 0 bridgehead atoms. The third-order valence-corrected chi connectivity index (χ3v) is 2.99. The van der Waals surface area contributed by atoms with Crippen molar-refractivity contribution in [3.05, 3.63) is 54.1 Å². The van der Waals surface area contributed by atoms with Crippen molar-refractivity contribution in [1.82, 2.24) is 5.32 Å². The Hall–Kier alpha value is -2.20. The molecule has 2 aromatic carbocycles. The van der Waals surface area contributed by atoms with Crippen LogP contribution in [0.1, 0.15) is 5.56 Å². The van der Waals surface area contributed by atoms with Crippen LogP contribution < -0.4 is 19.5 Å². The Bertz CT molecular complexity index is 557. The largest absolute Gasteiger partial charge is 0.497 e.